The number of rotatable bonds is 1. The van der Waals surface area contributed by atoms with Crippen LogP contribution in [0.1, 0.15) is 36.0 Å². The second-order valence-electron chi connectivity index (χ2n) is 5.38. The quantitative estimate of drug-likeness (QED) is 0.850. The van der Waals surface area contributed by atoms with Crippen molar-refractivity contribution in [1.82, 2.24) is 4.90 Å². The molecule has 2 aliphatic heterocycles. The molecule has 2 saturated heterocycles. The molecule has 0 spiro atoms. The van der Waals surface area contributed by atoms with Crippen LogP contribution >= 0.6 is 27.5 Å². The third-order valence-electron chi connectivity index (χ3n) is 4.05. The van der Waals surface area contributed by atoms with Gasteiger partial charge in [-0.2, -0.15) is 0 Å². The summed E-state index contributed by atoms with van der Waals surface area (Å²) in [5, 5.41) is 10.3. The molecule has 0 radical (unpaired) electrons. The van der Waals surface area contributed by atoms with Gasteiger partial charge in [-0.15, -0.1) is 0 Å². The first-order chi connectivity index (χ1) is 9.04. The molecule has 19 heavy (non-hydrogen) atoms. The molecule has 1 amide bonds. The first kappa shape index (κ1) is 13.4. The van der Waals surface area contributed by atoms with Crippen molar-refractivity contribution in [2.75, 3.05) is 0 Å². The minimum absolute atomic E-state index is 0.0302. The zero-order chi connectivity index (χ0) is 13.6. The average molecular weight is 345 g/mol. The molecule has 2 heterocycles. The maximum Gasteiger partial charge on any atom is 0.254 e. The number of aliphatic hydroxyl groups excluding tert-OH is 1. The summed E-state index contributed by atoms with van der Waals surface area (Å²) in [6, 6.07) is 5.64. The van der Waals surface area contributed by atoms with Gasteiger partial charge in [-0.1, -0.05) is 27.5 Å². The molecule has 0 aromatic heterocycles. The molecule has 2 bridgehead atoms. The van der Waals surface area contributed by atoms with Crippen LogP contribution in [0, 0.1) is 0 Å². The fourth-order valence-electron chi connectivity index (χ4n) is 3.31. The van der Waals surface area contributed by atoms with Crippen molar-refractivity contribution < 1.29 is 9.90 Å². The van der Waals surface area contributed by atoms with Crippen molar-refractivity contribution in [3.63, 3.8) is 0 Å². The Hall–Kier alpha value is -0.580. The van der Waals surface area contributed by atoms with Gasteiger partial charge < -0.3 is 10.0 Å². The number of aliphatic hydroxyl groups is 1. The van der Waals surface area contributed by atoms with E-state index in [0.29, 0.717) is 23.4 Å². The zero-order valence-electron chi connectivity index (χ0n) is 10.4. The molecule has 0 aliphatic carbocycles. The maximum absolute atomic E-state index is 12.6. The maximum atomic E-state index is 12.6. The molecule has 2 fully saturated rings. The van der Waals surface area contributed by atoms with Gasteiger partial charge in [0.15, 0.2) is 0 Å². The first-order valence-electron chi connectivity index (χ1n) is 6.51. The summed E-state index contributed by atoms with van der Waals surface area (Å²) in [6.07, 6.45) is 3.13. The molecule has 2 aliphatic rings. The van der Waals surface area contributed by atoms with E-state index in [1.54, 1.807) is 18.2 Å². The number of amides is 1. The fraction of sp³-hybridized carbons (Fsp3) is 0.500. The topological polar surface area (TPSA) is 40.5 Å². The SMILES string of the molecule is O=C(c1cc(Cl)cc(Br)c1)N1C2CCC1CC(O)C2. The highest BCUT2D eigenvalue weighted by molar-refractivity contribution is 9.10. The molecule has 3 rings (SSSR count). The standard InChI is InChI=1S/C14H15BrClNO2/c15-9-3-8(4-10(16)5-9)14(19)17-11-1-2-12(17)7-13(18)6-11/h3-5,11-13,18H,1-2,6-7H2. The Morgan fingerprint density at radius 3 is 2.47 bits per heavy atom. The van der Waals surface area contributed by atoms with Gasteiger partial charge in [-0.05, 0) is 43.9 Å². The normalized spacial score (nSPS) is 29.6. The predicted molar refractivity (Wildman–Crippen MR) is 77.4 cm³/mol. The van der Waals surface area contributed by atoms with Crippen LogP contribution in [0.4, 0.5) is 0 Å². The van der Waals surface area contributed by atoms with Crippen molar-refractivity contribution >= 4 is 33.4 Å². The van der Waals surface area contributed by atoms with Gasteiger partial charge in [-0.3, -0.25) is 4.79 Å². The van der Waals surface area contributed by atoms with E-state index in [9.17, 15) is 9.90 Å². The first-order valence-corrected chi connectivity index (χ1v) is 7.68. The van der Waals surface area contributed by atoms with Gasteiger partial charge in [0, 0.05) is 27.1 Å². The van der Waals surface area contributed by atoms with Crippen LogP contribution in [0.5, 0.6) is 0 Å². The second-order valence-corrected chi connectivity index (χ2v) is 6.73. The van der Waals surface area contributed by atoms with E-state index < -0.39 is 0 Å². The molecule has 5 heteroatoms. The van der Waals surface area contributed by atoms with Gasteiger partial charge in [-0.25, -0.2) is 0 Å². The van der Waals surface area contributed by atoms with E-state index in [1.165, 1.54) is 0 Å². The lowest BCUT2D eigenvalue weighted by Gasteiger charge is -2.37. The number of hydrogen-bond acceptors (Lipinski definition) is 2. The third kappa shape index (κ3) is 2.54. The number of benzene rings is 1. The van der Waals surface area contributed by atoms with Crippen LogP contribution in [0.25, 0.3) is 0 Å². The molecule has 0 saturated carbocycles. The summed E-state index contributed by atoms with van der Waals surface area (Å²) in [4.78, 5) is 14.6. The van der Waals surface area contributed by atoms with Crippen molar-refractivity contribution in [3.8, 4) is 0 Å². The fourth-order valence-corrected chi connectivity index (χ4v) is 4.17. The van der Waals surface area contributed by atoms with E-state index in [4.69, 9.17) is 11.6 Å². The van der Waals surface area contributed by atoms with Crippen LogP contribution in [-0.4, -0.2) is 34.1 Å². The largest absolute Gasteiger partial charge is 0.393 e. The van der Waals surface area contributed by atoms with E-state index in [-0.39, 0.29) is 24.1 Å². The molecule has 1 aromatic carbocycles. The van der Waals surface area contributed by atoms with Crippen LogP contribution in [-0.2, 0) is 0 Å². The summed E-state index contributed by atoms with van der Waals surface area (Å²) < 4.78 is 0.813. The van der Waals surface area contributed by atoms with E-state index in [0.717, 1.165) is 17.3 Å². The zero-order valence-corrected chi connectivity index (χ0v) is 12.7. The van der Waals surface area contributed by atoms with Gasteiger partial charge in [0.05, 0.1) is 6.10 Å². The Labute approximate surface area is 125 Å². The second kappa shape index (κ2) is 5.08. The highest BCUT2D eigenvalue weighted by Gasteiger charge is 2.42. The number of piperidine rings is 1. The molecule has 3 nitrogen and oxygen atoms in total. The number of carbonyl (C=O) groups excluding carboxylic acids is 1. The van der Waals surface area contributed by atoms with E-state index in [1.807, 2.05) is 4.90 Å². The van der Waals surface area contributed by atoms with Gasteiger partial charge >= 0.3 is 0 Å². The Morgan fingerprint density at radius 1 is 1.26 bits per heavy atom. The minimum Gasteiger partial charge on any atom is -0.393 e. The van der Waals surface area contributed by atoms with Gasteiger partial charge in [0.25, 0.3) is 5.91 Å². The summed E-state index contributed by atoms with van der Waals surface area (Å²) in [5.41, 5.74) is 0.618. The van der Waals surface area contributed by atoms with Crippen molar-refractivity contribution in [3.05, 3.63) is 33.3 Å². The number of nitrogens with zero attached hydrogens (tertiary/aromatic N) is 1. The highest BCUT2D eigenvalue weighted by atomic mass is 79.9. The lowest BCUT2D eigenvalue weighted by Crippen LogP contribution is -2.48. The predicted octanol–water partition coefficient (Wildman–Crippen LogP) is 3.23. The number of carbonyl (C=O) groups is 1. The smallest absolute Gasteiger partial charge is 0.254 e. The number of hydrogen-bond donors (Lipinski definition) is 1. The lowest BCUT2D eigenvalue weighted by atomic mass is 9.99. The van der Waals surface area contributed by atoms with Crippen molar-refractivity contribution in [1.29, 1.82) is 0 Å². The Balaban J connectivity index is 1.88. The average Bonchev–Trinajstić information content (AvgIpc) is 2.59. The van der Waals surface area contributed by atoms with Crippen LogP contribution in [0.15, 0.2) is 22.7 Å². The summed E-state index contributed by atoms with van der Waals surface area (Å²) >= 11 is 9.37. The summed E-state index contributed by atoms with van der Waals surface area (Å²) in [7, 11) is 0. The van der Waals surface area contributed by atoms with Crippen LogP contribution < -0.4 is 0 Å². The third-order valence-corrected chi connectivity index (χ3v) is 4.73. The molecule has 2 atom stereocenters. The van der Waals surface area contributed by atoms with Gasteiger partial charge in [0.1, 0.15) is 0 Å². The Bertz CT molecular complexity index is 488. The Kier molecular flexibility index (Phi) is 3.58. The van der Waals surface area contributed by atoms with Crippen molar-refractivity contribution in [2.24, 2.45) is 0 Å². The molecule has 1 N–H and O–H groups in total. The monoisotopic (exact) mass is 343 g/mol. The molecule has 2 unspecified atom stereocenters. The number of fused-ring (bicyclic) bond motifs is 2. The summed E-state index contributed by atoms with van der Waals surface area (Å²) in [6.45, 7) is 0. The molecular formula is C14H15BrClNO2. The van der Waals surface area contributed by atoms with Crippen LogP contribution in [0.3, 0.4) is 0 Å². The molecular weight excluding hydrogens is 330 g/mol. The number of halogens is 2. The van der Waals surface area contributed by atoms with Gasteiger partial charge in [0.2, 0.25) is 0 Å². The van der Waals surface area contributed by atoms with Crippen LogP contribution in [0.2, 0.25) is 5.02 Å². The Morgan fingerprint density at radius 2 is 1.89 bits per heavy atom. The van der Waals surface area contributed by atoms with Crippen molar-refractivity contribution in [2.45, 2.75) is 43.9 Å². The van der Waals surface area contributed by atoms with E-state index in [2.05, 4.69) is 15.9 Å². The highest BCUT2D eigenvalue weighted by Crippen LogP contribution is 2.37. The lowest BCUT2D eigenvalue weighted by molar-refractivity contribution is 0.0287. The van der Waals surface area contributed by atoms with E-state index >= 15 is 0 Å². The molecule has 1 aromatic rings. The molecule has 102 valence electrons. The minimum atomic E-state index is -0.257. The summed E-state index contributed by atoms with van der Waals surface area (Å²) in [5.74, 6) is 0.0302.